The zero-order valence-corrected chi connectivity index (χ0v) is 11.5. The van der Waals surface area contributed by atoms with Gasteiger partial charge in [0.25, 0.3) is 5.56 Å². The first-order valence-electron chi connectivity index (χ1n) is 6.94. The lowest BCUT2D eigenvalue weighted by molar-refractivity contribution is 0.248. The van der Waals surface area contributed by atoms with Crippen LogP contribution in [0.3, 0.4) is 0 Å². The van der Waals surface area contributed by atoms with Gasteiger partial charge in [-0.3, -0.25) is 4.79 Å². The van der Waals surface area contributed by atoms with Gasteiger partial charge < -0.3 is 15.4 Å². The molecule has 0 unspecified atom stereocenters. The van der Waals surface area contributed by atoms with Gasteiger partial charge in [0.1, 0.15) is 0 Å². The highest BCUT2D eigenvalue weighted by Gasteiger charge is 2.19. The SMILES string of the molecule is O=c1[nH]cnc2c1CC=C2CN[C@@H](CO)c1ccccc1. The van der Waals surface area contributed by atoms with E-state index in [-0.39, 0.29) is 18.2 Å². The molecule has 0 spiro atoms. The van der Waals surface area contributed by atoms with E-state index in [4.69, 9.17) is 0 Å². The Morgan fingerprint density at radius 3 is 2.90 bits per heavy atom. The summed E-state index contributed by atoms with van der Waals surface area (Å²) >= 11 is 0. The van der Waals surface area contributed by atoms with Crippen LogP contribution in [0.15, 0.2) is 47.5 Å². The summed E-state index contributed by atoms with van der Waals surface area (Å²) in [6.07, 6.45) is 4.06. The molecule has 0 aliphatic heterocycles. The van der Waals surface area contributed by atoms with Crippen molar-refractivity contribution in [1.82, 2.24) is 15.3 Å². The van der Waals surface area contributed by atoms with Gasteiger partial charge in [-0.05, 0) is 17.6 Å². The minimum atomic E-state index is -0.127. The van der Waals surface area contributed by atoms with Crippen molar-refractivity contribution in [3.63, 3.8) is 0 Å². The number of benzene rings is 1. The molecule has 0 bridgehead atoms. The van der Waals surface area contributed by atoms with Crippen LogP contribution in [0, 0.1) is 0 Å². The third kappa shape index (κ3) is 2.79. The Morgan fingerprint density at radius 2 is 2.14 bits per heavy atom. The fourth-order valence-corrected chi connectivity index (χ4v) is 2.58. The molecule has 0 saturated heterocycles. The number of aromatic amines is 1. The van der Waals surface area contributed by atoms with Gasteiger partial charge >= 0.3 is 0 Å². The molecule has 21 heavy (non-hydrogen) atoms. The van der Waals surface area contributed by atoms with Gasteiger partial charge in [0.2, 0.25) is 0 Å². The highest BCUT2D eigenvalue weighted by Crippen LogP contribution is 2.22. The van der Waals surface area contributed by atoms with Gasteiger partial charge in [-0.2, -0.15) is 0 Å². The second-order valence-corrected chi connectivity index (χ2v) is 5.02. The molecule has 3 rings (SSSR count). The lowest BCUT2D eigenvalue weighted by Crippen LogP contribution is -2.26. The molecule has 1 aliphatic carbocycles. The number of fused-ring (bicyclic) bond motifs is 1. The van der Waals surface area contributed by atoms with E-state index in [1.165, 1.54) is 6.33 Å². The topological polar surface area (TPSA) is 78.0 Å². The molecule has 0 amide bonds. The van der Waals surface area contributed by atoms with Crippen LogP contribution in [0.1, 0.15) is 22.9 Å². The summed E-state index contributed by atoms with van der Waals surface area (Å²) in [5.41, 5.74) is 3.45. The highest BCUT2D eigenvalue weighted by atomic mass is 16.3. The van der Waals surface area contributed by atoms with E-state index in [1.54, 1.807) is 0 Å². The normalized spacial score (nSPS) is 14.6. The quantitative estimate of drug-likeness (QED) is 0.766. The first kappa shape index (κ1) is 13.7. The Hall–Kier alpha value is -2.24. The van der Waals surface area contributed by atoms with E-state index in [0.29, 0.717) is 13.0 Å². The Bertz CT molecular complexity index is 707. The molecular formula is C16H17N3O2. The van der Waals surface area contributed by atoms with Crippen LogP contribution < -0.4 is 10.9 Å². The molecular weight excluding hydrogens is 266 g/mol. The maximum atomic E-state index is 11.7. The molecule has 0 fully saturated rings. The molecule has 3 N–H and O–H groups in total. The van der Waals surface area contributed by atoms with E-state index in [2.05, 4.69) is 15.3 Å². The van der Waals surface area contributed by atoms with Crippen molar-refractivity contribution >= 4 is 5.57 Å². The van der Waals surface area contributed by atoms with Crippen molar-refractivity contribution in [2.24, 2.45) is 0 Å². The summed E-state index contributed by atoms with van der Waals surface area (Å²) in [5.74, 6) is 0. The average molecular weight is 283 g/mol. The molecule has 1 atom stereocenters. The van der Waals surface area contributed by atoms with E-state index in [1.807, 2.05) is 36.4 Å². The van der Waals surface area contributed by atoms with Crippen LogP contribution in [-0.4, -0.2) is 28.2 Å². The monoisotopic (exact) mass is 283 g/mol. The largest absolute Gasteiger partial charge is 0.394 e. The predicted molar refractivity (Wildman–Crippen MR) is 80.8 cm³/mol. The first-order chi connectivity index (χ1) is 10.3. The van der Waals surface area contributed by atoms with Crippen molar-refractivity contribution < 1.29 is 5.11 Å². The Balaban J connectivity index is 1.72. The van der Waals surface area contributed by atoms with Crippen LogP contribution in [-0.2, 0) is 6.42 Å². The third-order valence-electron chi connectivity index (χ3n) is 3.73. The maximum absolute atomic E-state index is 11.7. The zero-order chi connectivity index (χ0) is 14.7. The Morgan fingerprint density at radius 1 is 1.33 bits per heavy atom. The number of aromatic nitrogens is 2. The summed E-state index contributed by atoms with van der Waals surface area (Å²) in [7, 11) is 0. The lowest BCUT2D eigenvalue weighted by atomic mass is 10.1. The summed E-state index contributed by atoms with van der Waals surface area (Å²) in [6.45, 7) is 0.594. The smallest absolute Gasteiger partial charge is 0.254 e. The van der Waals surface area contributed by atoms with Crippen LogP contribution in [0.25, 0.3) is 5.57 Å². The predicted octanol–water partition coefficient (Wildman–Crippen LogP) is 1.03. The number of H-pyrrole nitrogens is 1. The zero-order valence-electron chi connectivity index (χ0n) is 11.5. The lowest BCUT2D eigenvalue weighted by Gasteiger charge is -2.17. The fourth-order valence-electron chi connectivity index (χ4n) is 2.58. The maximum Gasteiger partial charge on any atom is 0.254 e. The number of aliphatic hydroxyl groups is 1. The minimum Gasteiger partial charge on any atom is -0.394 e. The van der Waals surface area contributed by atoms with Crippen LogP contribution in [0.5, 0.6) is 0 Å². The van der Waals surface area contributed by atoms with Gasteiger partial charge in [-0.15, -0.1) is 0 Å². The van der Waals surface area contributed by atoms with Crippen LogP contribution >= 0.6 is 0 Å². The second kappa shape index (κ2) is 6.03. The fraction of sp³-hybridized carbons (Fsp3) is 0.250. The first-order valence-corrected chi connectivity index (χ1v) is 6.94. The van der Waals surface area contributed by atoms with Gasteiger partial charge in [-0.25, -0.2) is 4.98 Å². The summed E-state index contributed by atoms with van der Waals surface area (Å²) in [5, 5.41) is 12.9. The number of rotatable bonds is 5. The number of nitrogens with zero attached hydrogens (tertiary/aromatic N) is 1. The molecule has 1 heterocycles. The molecule has 108 valence electrons. The summed E-state index contributed by atoms with van der Waals surface area (Å²) in [4.78, 5) is 18.5. The van der Waals surface area contributed by atoms with E-state index >= 15 is 0 Å². The van der Waals surface area contributed by atoms with Crippen molar-refractivity contribution in [1.29, 1.82) is 0 Å². The third-order valence-corrected chi connectivity index (χ3v) is 3.73. The van der Waals surface area contributed by atoms with Gasteiger partial charge in [0, 0.05) is 12.1 Å². The van der Waals surface area contributed by atoms with E-state index < -0.39 is 0 Å². The van der Waals surface area contributed by atoms with Gasteiger partial charge in [-0.1, -0.05) is 36.4 Å². The number of aliphatic hydroxyl groups excluding tert-OH is 1. The molecule has 1 aromatic heterocycles. The number of nitrogens with one attached hydrogen (secondary N) is 2. The van der Waals surface area contributed by atoms with Crippen LogP contribution in [0.4, 0.5) is 0 Å². The number of allylic oxidation sites excluding steroid dienone is 1. The Kier molecular flexibility index (Phi) is 3.94. The molecule has 0 radical (unpaired) electrons. The van der Waals surface area contributed by atoms with Gasteiger partial charge in [0.05, 0.1) is 24.7 Å². The Labute approximate surface area is 122 Å². The van der Waals surface area contributed by atoms with Crippen molar-refractivity contribution in [3.8, 4) is 0 Å². The standard InChI is InChI=1S/C16H17N3O2/c20-9-14(11-4-2-1-3-5-11)17-8-12-6-7-13-15(12)18-10-19-16(13)21/h1-6,10,14,17,20H,7-9H2,(H,18,19,21)/t14-/m0/s1. The second-order valence-electron chi connectivity index (χ2n) is 5.02. The molecule has 1 aromatic carbocycles. The molecule has 2 aromatic rings. The average Bonchev–Trinajstić information content (AvgIpc) is 2.94. The number of hydrogen-bond acceptors (Lipinski definition) is 4. The van der Waals surface area contributed by atoms with E-state index in [0.717, 1.165) is 22.4 Å². The minimum absolute atomic E-state index is 0.0208. The summed E-state index contributed by atoms with van der Waals surface area (Å²) < 4.78 is 0. The van der Waals surface area contributed by atoms with E-state index in [9.17, 15) is 9.90 Å². The van der Waals surface area contributed by atoms with Crippen molar-refractivity contribution in [2.75, 3.05) is 13.2 Å². The molecule has 5 nitrogen and oxygen atoms in total. The molecule has 1 aliphatic rings. The van der Waals surface area contributed by atoms with Crippen LogP contribution in [0.2, 0.25) is 0 Å². The van der Waals surface area contributed by atoms with Crippen molar-refractivity contribution in [3.05, 3.63) is 69.9 Å². The number of hydrogen-bond donors (Lipinski definition) is 3. The van der Waals surface area contributed by atoms with Gasteiger partial charge in [0.15, 0.2) is 0 Å². The molecule has 0 saturated carbocycles. The molecule has 5 heteroatoms. The van der Waals surface area contributed by atoms with Crippen molar-refractivity contribution in [2.45, 2.75) is 12.5 Å². The highest BCUT2D eigenvalue weighted by molar-refractivity contribution is 5.70. The summed E-state index contributed by atoms with van der Waals surface area (Å²) in [6, 6.07) is 9.68.